The van der Waals surface area contributed by atoms with E-state index in [1.807, 2.05) is 10.8 Å². The Kier molecular flexibility index (Phi) is 2.22. The van der Waals surface area contributed by atoms with Gasteiger partial charge in [0.05, 0.1) is 6.33 Å². The molecule has 0 aliphatic carbocycles. The summed E-state index contributed by atoms with van der Waals surface area (Å²) < 4.78 is 6.75. The summed E-state index contributed by atoms with van der Waals surface area (Å²) in [4.78, 5) is 8.15. The van der Waals surface area contributed by atoms with Crippen LogP contribution in [0.2, 0.25) is 0 Å². The quantitative estimate of drug-likeness (QED) is 0.748. The Morgan fingerprint density at radius 2 is 2.54 bits per heavy atom. The van der Waals surface area contributed by atoms with Gasteiger partial charge in [0.25, 0.3) is 0 Å². The number of aromatic amines is 1. The van der Waals surface area contributed by atoms with Crippen LogP contribution in [0.3, 0.4) is 0 Å². The number of nitrogens with one attached hydrogen (secondary N) is 1. The van der Waals surface area contributed by atoms with Gasteiger partial charge in [0.2, 0.25) is 0 Å². The van der Waals surface area contributed by atoms with Crippen molar-refractivity contribution in [1.29, 1.82) is 0 Å². The standard InChI is InChI=1S/C7H8N4OS/c13-7-9-6(10-12-7)1-3-11-4-2-8-5-11/h2,4-5H,1,3H2,(H,9,10,13). The van der Waals surface area contributed by atoms with E-state index in [1.165, 1.54) is 0 Å². The second-order valence-corrected chi connectivity index (χ2v) is 2.93. The lowest BCUT2D eigenvalue weighted by atomic mass is 10.4. The average molecular weight is 196 g/mol. The molecule has 0 saturated heterocycles. The van der Waals surface area contributed by atoms with E-state index in [4.69, 9.17) is 16.7 Å². The smallest absolute Gasteiger partial charge is 0.314 e. The van der Waals surface area contributed by atoms with Crippen LogP contribution in [0.4, 0.5) is 0 Å². The summed E-state index contributed by atoms with van der Waals surface area (Å²) in [5, 5.41) is 2.64. The molecule has 6 heteroatoms. The zero-order chi connectivity index (χ0) is 9.10. The largest absolute Gasteiger partial charge is 0.348 e. The number of hydrogen-bond donors (Lipinski definition) is 1. The molecule has 2 rings (SSSR count). The fourth-order valence-corrected chi connectivity index (χ4v) is 1.17. The van der Waals surface area contributed by atoms with Gasteiger partial charge in [0.15, 0.2) is 0 Å². The minimum Gasteiger partial charge on any atom is -0.348 e. The summed E-state index contributed by atoms with van der Waals surface area (Å²) in [6.07, 6.45) is 6.16. The van der Waals surface area contributed by atoms with Gasteiger partial charge in [-0.3, -0.25) is 0 Å². The zero-order valence-corrected chi connectivity index (χ0v) is 7.62. The topological polar surface area (TPSA) is 59.6 Å². The highest BCUT2D eigenvalue weighted by atomic mass is 32.1. The van der Waals surface area contributed by atoms with Gasteiger partial charge < -0.3 is 9.09 Å². The van der Waals surface area contributed by atoms with E-state index in [0.29, 0.717) is 0 Å². The van der Waals surface area contributed by atoms with Crippen molar-refractivity contribution in [1.82, 2.24) is 19.7 Å². The Balaban J connectivity index is 1.97. The molecule has 0 fully saturated rings. The molecule has 0 saturated carbocycles. The van der Waals surface area contributed by atoms with Crippen LogP contribution in [0, 0.1) is 4.84 Å². The van der Waals surface area contributed by atoms with Crippen LogP contribution in [-0.2, 0) is 13.0 Å². The van der Waals surface area contributed by atoms with Gasteiger partial charge in [-0.05, 0) is 12.2 Å². The Labute approximate surface area is 79.4 Å². The summed E-state index contributed by atoms with van der Waals surface area (Å²) in [6.45, 7) is 0.817. The molecule has 0 amide bonds. The molecule has 0 aliphatic rings. The van der Waals surface area contributed by atoms with E-state index in [0.717, 1.165) is 18.8 Å². The molecular weight excluding hydrogens is 188 g/mol. The molecule has 2 aromatic rings. The summed E-state index contributed by atoms with van der Waals surface area (Å²) >= 11 is 4.72. The molecule has 2 aromatic heterocycles. The highest BCUT2D eigenvalue weighted by Crippen LogP contribution is 1.95. The first-order valence-electron chi connectivity index (χ1n) is 3.85. The Morgan fingerprint density at radius 1 is 1.62 bits per heavy atom. The number of H-pyrrole nitrogens is 1. The molecule has 0 spiro atoms. The van der Waals surface area contributed by atoms with Crippen molar-refractivity contribution in [2.45, 2.75) is 13.0 Å². The maximum absolute atomic E-state index is 4.79. The van der Waals surface area contributed by atoms with Gasteiger partial charge in [0.1, 0.15) is 5.82 Å². The maximum Gasteiger partial charge on any atom is 0.314 e. The first-order valence-corrected chi connectivity index (χ1v) is 4.25. The van der Waals surface area contributed by atoms with Crippen molar-refractivity contribution >= 4 is 12.2 Å². The second kappa shape index (κ2) is 3.53. The van der Waals surface area contributed by atoms with Gasteiger partial charge >= 0.3 is 4.84 Å². The van der Waals surface area contributed by atoms with Crippen molar-refractivity contribution in [3.63, 3.8) is 0 Å². The van der Waals surface area contributed by atoms with Crippen LogP contribution in [0.5, 0.6) is 0 Å². The van der Waals surface area contributed by atoms with Gasteiger partial charge in [-0.2, -0.15) is 4.98 Å². The van der Waals surface area contributed by atoms with Gasteiger partial charge in [-0.25, -0.2) is 10.1 Å². The van der Waals surface area contributed by atoms with Crippen molar-refractivity contribution in [3.05, 3.63) is 29.4 Å². The highest BCUT2D eigenvalue weighted by Gasteiger charge is 1.97. The molecule has 0 bridgehead atoms. The van der Waals surface area contributed by atoms with Crippen LogP contribution < -0.4 is 0 Å². The maximum atomic E-state index is 4.79. The van der Waals surface area contributed by atoms with E-state index in [2.05, 4.69) is 15.1 Å². The molecule has 0 radical (unpaired) electrons. The fraction of sp³-hybridized carbons (Fsp3) is 0.286. The lowest BCUT2D eigenvalue weighted by Gasteiger charge is -1.96. The molecule has 68 valence electrons. The van der Waals surface area contributed by atoms with Gasteiger partial charge in [-0.15, -0.1) is 0 Å². The van der Waals surface area contributed by atoms with Crippen molar-refractivity contribution in [2.24, 2.45) is 0 Å². The highest BCUT2D eigenvalue weighted by molar-refractivity contribution is 7.71. The van der Waals surface area contributed by atoms with Gasteiger partial charge in [0, 0.05) is 25.4 Å². The van der Waals surface area contributed by atoms with Gasteiger partial charge in [-0.1, -0.05) is 0 Å². The summed E-state index contributed by atoms with van der Waals surface area (Å²) in [7, 11) is 0. The second-order valence-electron chi connectivity index (χ2n) is 2.58. The third-order valence-electron chi connectivity index (χ3n) is 1.65. The van der Waals surface area contributed by atoms with Crippen LogP contribution >= 0.6 is 12.2 Å². The van der Waals surface area contributed by atoms with Crippen molar-refractivity contribution in [2.75, 3.05) is 0 Å². The van der Waals surface area contributed by atoms with E-state index >= 15 is 0 Å². The number of aryl methyl sites for hydroxylation is 2. The third kappa shape index (κ3) is 2.03. The molecule has 1 N–H and O–H groups in total. The van der Waals surface area contributed by atoms with Crippen LogP contribution in [0.15, 0.2) is 23.2 Å². The Bertz CT molecular complexity index is 416. The molecule has 0 unspecified atom stereocenters. The molecule has 0 aromatic carbocycles. The first-order chi connectivity index (χ1) is 6.34. The number of nitrogens with zero attached hydrogens (tertiary/aromatic N) is 3. The number of aromatic nitrogens is 4. The fourth-order valence-electron chi connectivity index (χ4n) is 1.02. The SMILES string of the molecule is S=c1nc(CCn2ccnc2)[nH]o1. The molecule has 13 heavy (non-hydrogen) atoms. The predicted octanol–water partition coefficient (Wildman–Crippen LogP) is 1.17. The minimum absolute atomic E-state index is 0.251. The normalized spacial score (nSPS) is 10.5. The molecule has 0 aliphatic heterocycles. The van der Waals surface area contributed by atoms with E-state index in [-0.39, 0.29) is 4.84 Å². The monoisotopic (exact) mass is 196 g/mol. The lowest BCUT2D eigenvalue weighted by Crippen LogP contribution is -1.99. The molecular formula is C7H8N4OS. The molecule has 0 atom stereocenters. The number of imidazole rings is 1. The summed E-state index contributed by atoms with van der Waals surface area (Å²) in [6, 6.07) is 0. The van der Waals surface area contributed by atoms with Crippen molar-refractivity contribution < 1.29 is 4.52 Å². The van der Waals surface area contributed by atoms with E-state index in [9.17, 15) is 0 Å². The predicted molar refractivity (Wildman–Crippen MR) is 47.6 cm³/mol. The van der Waals surface area contributed by atoms with Crippen LogP contribution in [0.1, 0.15) is 5.82 Å². The zero-order valence-electron chi connectivity index (χ0n) is 6.80. The lowest BCUT2D eigenvalue weighted by molar-refractivity contribution is 0.397. The third-order valence-corrected chi connectivity index (χ3v) is 1.82. The summed E-state index contributed by atoms with van der Waals surface area (Å²) in [5.41, 5.74) is 0. The minimum atomic E-state index is 0.251. The Hall–Kier alpha value is -1.43. The van der Waals surface area contributed by atoms with E-state index < -0.39 is 0 Å². The summed E-state index contributed by atoms with van der Waals surface area (Å²) in [5.74, 6) is 0.763. The van der Waals surface area contributed by atoms with Crippen LogP contribution in [0.25, 0.3) is 0 Å². The van der Waals surface area contributed by atoms with E-state index in [1.54, 1.807) is 12.5 Å². The molecule has 5 nitrogen and oxygen atoms in total. The Morgan fingerprint density at radius 3 is 3.15 bits per heavy atom. The molecule has 2 heterocycles. The first kappa shape index (κ1) is 8.18. The van der Waals surface area contributed by atoms with Crippen molar-refractivity contribution in [3.8, 4) is 0 Å². The van der Waals surface area contributed by atoms with Crippen LogP contribution in [-0.4, -0.2) is 19.7 Å². The number of rotatable bonds is 3. The average Bonchev–Trinajstić information content (AvgIpc) is 2.71. The number of hydrogen-bond acceptors (Lipinski definition) is 4.